The van der Waals surface area contributed by atoms with Gasteiger partial charge in [0.15, 0.2) is 0 Å². The zero-order valence-corrected chi connectivity index (χ0v) is 12.4. The largest absolute Gasteiger partial charge is 0.398 e. The van der Waals surface area contributed by atoms with Crippen LogP contribution in [0.4, 0.5) is 0 Å². The first-order chi connectivity index (χ1) is 6.83. The predicted molar refractivity (Wildman–Crippen MR) is 68.4 cm³/mol. The van der Waals surface area contributed by atoms with E-state index in [2.05, 4.69) is 34.2 Å². The monoisotopic (exact) mass is 232 g/mol. The van der Waals surface area contributed by atoms with Gasteiger partial charge in [0.2, 0.25) is 0 Å². The summed E-state index contributed by atoms with van der Waals surface area (Å²) in [5, 5.41) is 0. The van der Waals surface area contributed by atoms with Crippen LogP contribution >= 0.6 is 0 Å². The molecule has 92 valence electrons. The summed E-state index contributed by atoms with van der Waals surface area (Å²) in [7, 11) is -0.119. The van der Waals surface area contributed by atoms with E-state index in [9.17, 15) is 0 Å². The Morgan fingerprint density at radius 3 is 2.07 bits per heavy atom. The molecule has 0 aliphatic heterocycles. The molecule has 1 unspecified atom stereocenters. The average molecular weight is 232 g/mol. The number of rotatable bonds is 7. The molecule has 0 aliphatic carbocycles. The highest BCUT2D eigenvalue weighted by Crippen LogP contribution is 2.23. The number of hydrogen-bond acceptors (Lipinski definition) is 2. The van der Waals surface area contributed by atoms with E-state index >= 15 is 0 Å². The third-order valence-electron chi connectivity index (χ3n) is 2.44. The fourth-order valence-corrected chi connectivity index (χ4v) is 4.29. The maximum Gasteiger partial charge on any atom is 0.335 e. The molecular formula is C12H28O2Si. The fraction of sp³-hybridized carbons (Fsp3) is 1.00. The smallest absolute Gasteiger partial charge is 0.335 e. The molecule has 0 saturated carbocycles. The summed E-state index contributed by atoms with van der Waals surface area (Å²) in [5.41, 5.74) is -0.0816. The lowest BCUT2D eigenvalue weighted by atomic mass is 10.2. The van der Waals surface area contributed by atoms with Gasteiger partial charge in [-0.25, -0.2) is 0 Å². The molecule has 0 heterocycles. The molecule has 0 aliphatic rings. The highest BCUT2D eigenvalue weighted by Gasteiger charge is 2.34. The standard InChI is InChI=1S/C12H28O2Si/c1-7-8-9-10-11-15(6,13-5)14-12(2,3)4/h7-11H2,1-6H3. The van der Waals surface area contributed by atoms with Crippen LogP contribution in [0, 0.1) is 0 Å². The van der Waals surface area contributed by atoms with E-state index in [1.165, 1.54) is 25.7 Å². The van der Waals surface area contributed by atoms with Crippen molar-refractivity contribution < 1.29 is 8.85 Å². The first kappa shape index (κ1) is 15.1. The van der Waals surface area contributed by atoms with Crippen LogP contribution in [0.1, 0.15) is 53.4 Å². The van der Waals surface area contributed by atoms with Crippen molar-refractivity contribution in [3.63, 3.8) is 0 Å². The van der Waals surface area contributed by atoms with E-state index in [1.807, 2.05) is 0 Å². The van der Waals surface area contributed by atoms with Crippen LogP contribution in [-0.4, -0.2) is 21.3 Å². The Morgan fingerprint density at radius 2 is 1.67 bits per heavy atom. The SMILES string of the molecule is CCCCCC[Si](C)(OC)OC(C)(C)C. The molecule has 2 nitrogen and oxygen atoms in total. The lowest BCUT2D eigenvalue weighted by molar-refractivity contribution is 0.0758. The molecule has 0 aromatic carbocycles. The van der Waals surface area contributed by atoms with Gasteiger partial charge in [-0.05, 0) is 33.4 Å². The van der Waals surface area contributed by atoms with E-state index < -0.39 is 8.56 Å². The molecule has 0 saturated heterocycles. The Kier molecular flexibility index (Phi) is 6.72. The summed E-state index contributed by atoms with van der Waals surface area (Å²) >= 11 is 0. The maximum absolute atomic E-state index is 6.07. The minimum atomic E-state index is -1.91. The molecule has 0 N–H and O–H groups in total. The zero-order chi connectivity index (χ0) is 11.9. The normalized spacial score (nSPS) is 16.4. The van der Waals surface area contributed by atoms with Crippen molar-refractivity contribution in [1.29, 1.82) is 0 Å². The molecule has 15 heavy (non-hydrogen) atoms. The number of unbranched alkanes of at least 4 members (excludes halogenated alkanes) is 3. The van der Waals surface area contributed by atoms with Crippen LogP contribution < -0.4 is 0 Å². The highest BCUT2D eigenvalue weighted by molar-refractivity contribution is 6.66. The van der Waals surface area contributed by atoms with Crippen LogP contribution in [0.3, 0.4) is 0 Å². The van der Waals surface area contributed by atoms with Gasteiger partial charge in [0, 0.05) is 7.11 Å². The van der Waals surface area contributed by atoms with Crippen molar-refractivity contribution in [3.8, 4) is 0 Å². The van der Waals surface area contributed by atoms with E-state index in [1.54, 1.807) is 7.11 Å². The lowest BCUT2D eigenvalue weighted by Crippen LogP contribution is -2.43. The average Bonchev–Trinajstić information content (AvgIpc) is 2.10. The molecule has 0 fully saturated rings. The Bertz CT molecular complexity index is 165. The summed E-state index contributed by atoms with van der Waals surface area (Å²) < 4.78 is 11.7. The molecule has 0 spiro atoms. The van der Waals surface area contributed by atoms with Gasteiger partial charge < -0.3 is 8.85 Å². The number of hydrogen-bond donors (Lipinski definition) is 0. The molecule has 1 atom stereocenters. The first-order valence-corrected chi connectivity index (χ1v) is 8.60. The Hall–Kier alpha value is 0.137. The van der Waals surface area contributed by atoms with E-state index in [4.69, 9.17) is 8.85 Å². The van der Waals surface area contributed by atoms with Gasteiger partial charge in [0.05, 0.1) is 5.60 Å². The van der Waals surface area contributed by atoms with E-state index in [0.29, 0.717) is 0 Å². The second-order valence-corrected chi connectivity index (χ2v) is 8.74. The zero-order valence-electron chi connectivity index (χ0n) is 11.4. The Balaban J connectivity index is 3.96. The lowest BCUT2D eigenvalue weighted by Gasteiger charge is -2.33. The molecule has 0 aromatic heterocycles. The van der Waals surface area contributed by atoms with Crippen molar-refractivity contribution in [3.05, 3.63) is 0 Å². The fourth-order valence-electron chi connectivity index (χ4n) is 1.72. The van der Waals surface area contributed by atoms with Gasteiger partial charge in [-0.3, -0.25) is 0 Å². The van der Waals surface area contributed by atoms with Crippen molar-refractivity contribution in [2.24, 2.45) is 0 Å². The second kappa shape index (κ2) is 6.66. The van der Waals surface area contributed by atoms with Gasteiger partial charge in [-0.1, -0.05) is 32.6 Å². The Morgan fingerprint density at radius 1 is 1.07 bits per heavy atom. The maximum atomic E-state index is 6.07. The summed E-state index contributed by atoms with van der Waals surface area (Å²) in [4.78, 5) is 0. The van der Waals surface area contributed by atoms with Gasteiger partial charge in [-0.2, -0.15) is 0 Å². The van der Waals surface area contributed by atoms with Gasteiger partial charge in [-0.15, -0.1) is 0 Å². The molecule has 0 rings (SSSR count). The van der Waals surface area contributed by atoms with Crippen LogP contribution in [-0.2, 0) is 8.85 Å². The highest BCUT2D eigenvalue weighted by atomic mass is 28.4. The quantitative estimate of drug-likeness (QED) is 0.486. The van der Waals surface area contributed by atoms with Crippen molar-refractivity contribution >= 4 is 8.56 Å². The molecule has 0 bridgehead atoms. The molecular weight excluding hydrogens is 204 g/mol. The van der Waals surface area contributed by atoms with Crippen molar-refractivity contribution in [2.75, 3.05) is 7.11 Å². The summed E-state index contributed by atoms with van der Waals surface area (Å²) in [6.45, 7) is 10.7. The van der Waals surface area contributed by atoms with E-state index in [-0.39, 0.29) is 5.60 Å². The van der Waals surface area contributed by atoms with Crippen LogP contribution in [0.25, 0.3) is 0 Å². The molecule has 0 aromatic rings. The molecule has 0 amide bonds. The minimum Gasteiger partial charge on any atom is -0.398 e. The van der Waals surface area contributed by atoms with Crippen LogP contribution in [0.15, 0.2) is 0 Å². The van der Waals surface area contributed by atoms with Crippen molar-refractivity contribution in [1.82, 2.24) is 0 Å². The summed E-state index contributed by atoms with van der Waals surface area (Å²) in [5.74, 6) is 0. The topological polar surface area (TPSA) is 18.5 Å². The summed E-state index contributed by atoms with van der Waals surface area (Å²) in [6.07, 6.45) is 5.14. The predicted octanol–water partition coefficient (Wildman–Crippen LogP) is 4.10. The molecule has 3 heteroatoms. The van der Waals surface area contributed by atoms with Gasteiger partial charge in [0.1, 0.15) is 0 Å². The van der Waals surface area contributed by atoms with Crippen LogP contribution in [0.2, 0.25) is 12.6 Å². The summed E-state index contributed by atoms with van der Waals surface area (Å²) in [6, 6.07) is 1.11. The molecule has 0 radical (unpaired) electrons. The van der Waals surface area contributed by atoms with Gasteiger partial charge >= 0.3 is 8.56 Å². The minimum absolute atomic E-state index is 0.0816. The first-order valence-electron chi connectivity index (χ1n) is 6.08. The van der Waals surface area contributed by atoms with Gasteiger partial charge in [0.25, 0.3) is 0 Å². The second-order valence-electron chi connectivity index (χ2n) is 5.36. The van der Waals surface area contributed by atoms with Crippen molar-refractivity contribution in [2.45, 2.75) is 71.6 Å². The Labute approximate surface area is 96.6 Å². The third-order valence-corrected chi connectivity index (χ3v) is 5.61. The third kappa shape index (κ3) is 8.00. The van der Waals surface area contributed by atoms with E-state index in [0.717, 1.165) is 6.04 Å². The van der Waals surface area contributed by atoms with Crippen LogP contribution in [0.5, 0.6) is 0 Å².